The number of nitrogens with zero attached hydrogens (tertiary/aromatic N) is 4. The van der Waals surface area contributed by atoms with E-state index < -0.39 is 0 Å². The number of rotatable bonds is 10. The molecule has 0 aliphatic carbocycles. The highest BCUT2D eigenvalue weighted by atomic mass is 16.5. The molecule has 0 amide bonds. The van der Waals surface area contributed by atoms with Gasteiger partial charge in [-0.2, -0.15) is 4.98 Å². The zero-order chi connectivity index (χ0) is 25.6. The Balaban J connectivity index is 0.000000444. The van der Waals surface area contributed by atoms with E-state index in [1.807, 2.05) is 12.1 Å². The summed E-state index contributed by atoms with van der Waals surface area (Å²) in [5.74, 6) is 1.54. The van der Waals surface area contributed by atoms with Crippen molar-refractivity contribution in [2.75, 3.05) is 38.5 Å². The quantitative estimate of drug-likeness (QED) is 0.382. The van der Waals surface area contributed by atoms with Crippen molar-refractivity contribution >= 4 is 12.0 Å². The fourth-order valence-corrected chi connectivity index (χ4v) is 3.86. The number of likely N-dealkylation sites (N-methyl/N-ethyl adjacent to an activating group) is 1. The third kappa shape index (κ3) is 8.70. The summed E-state index contributed by atoms with van der Waals surface area (Å²) in [5.41, 5.74) is 2.10. The second-order valence-electron chi connectivity index (χ2n) is 8.85. The number of piperidine rings is 1. The molecule has 1 unspecified atom stereocenters. The maximum Gasteiger partial charge on any atom is 0.246 e. The van der Waals surface area contributed by atoms with Crippen LogP contribution in [0.3, 0.4) is 0 Å². The van der Waals surface area contributed by atoms with Crippen molar-refractivity contribution in [3.8, 4) is 23.0 Å². The van der Waals surface area contributed by atoms with Crippen molar-refractivity contribution in [1.29, 1.82) is 0 Å². The van der Waals surface area contributed by atoms with Gasteiger partial charge in [0.15, 0.2) is 5.82 Å². The van der Waals surface area contributed by atoms with E-state index >= 15 is 0 Å². The molecule has 0 spiro atoms. The molecule has 1 fully saturated rings. The standard InChI is InChI=1S/C22H25N5O2.C6H13N/c1-3-18(24-4-2)13-25-20-14-26-21(17-6-5-11-23-12-17)27-22(20)29-19-9-7-16(15-28)8-10-19;1-7-5-3-2-4-6-7/h5-12,14-15,18,24-25H,3-4,13H2,1-2H3;2-6H2,1H3. The first-order chi connectivity index (χ1) is 17.6. The van der Waals surface area contributed by atoms with Crippen LogP contribution in [0.5, 0.6) is 11.6 Å². The largest absolute Gasteiger partial charge is 0.437 e. The van der Waals surface area contributed by atoms with Crippen LogP contribution in [-0.2, 0) is 0 Å². The number of pyridine rings is 1. The second-order valence-corrected chi connectivity index (χ2v) is 8.85. The van der Waals surface area contributed by atoms with Crippen molar-refractivity contribution in [2.24, 2.45) is 0 Å². The van der Waals surface area contributed by atoms with E-state index in [0.29, 0.717) is 34.7 Å². The lowest BCUT2D eigenvalue weighted by atomic mass is 10.1. The molecule has 4 rings (SSSR count). The second kappa shape index (κ2) is 14.9. The van der Waals surface area contributed by atoms with Gasteiger partial charge in [-0.3, -0.25) is 9.78 Å². The normalized spacial score (nSPS) is 14.3. The zero-order valence-corrected chi connectivity index (χ0v) is 21.6. The van der Waals surface area contributed by atoms with Gasteiger partial charge in [0.25, 0.3) is 0 Å². The lowest BCUT2D eigenvalue weighted by molar-refractivity contribution is 0.112. The Hall–Kier alpha value is -3.36. The van der Waals surface area contributed by atoms with Gasteiger partial charge >= 0.3 is 0 Å². The summed E-state index contributed by atoms with van der Waals surface area (Å²) in [5, 5.41) is 6.82. The Morgan fingerprint density at radius 2 is 1.86 bits per heavy atom. The van der Waals surface area contributed by atoms with E-state index in [4.69, 9.17) is 4.74 Å². The maximum absolute atomic E-state index is 10.9. The van der Waals surface area contributed by atoms with Crippen molar-refractivity contribution in [1.82, 2.24) is 25.2 Å². The van der Waals surface area contributed by atoms with Gasteiger partial charge in [0.1, 0.15) is 17.7 Å². The molecule has 1 saturated heterocycles. The number of hydrogen-bond acceptors (Lipinski definition) is 8. The van der Waals surface area contributed by atoms with Gasteiger partial charge in [-0.15, -0.1) is 0 Å². The number of aldehydes is 1. The summed E-state index contributed by atoms with van der Waals surface area (Å²) < 4.78 is 6.03. The van der Waals surface area contributed by atoms with Gasteiger partial charge in [0, 0.05) is 36.1 Å². The summed E-state index contributed by atoms with van der Waals surface area (Å²) >= 11 is 0. The molecule has 8 heteroatoms. The van der Waals surface area contributed by atoms with E-state index in [-0.39, 0.29) is 0 Å². The molecular weight excluding hydrogens is 452 g/mol. The molecule has 3 aromatic rings. The molecule has 3 heterocycles. The summed E-state index contributed by atoms with van der Waals surface area (Å²) in [6.07, 6.45) is 11.2. The summed E-state index contributed by atoms with van der Waals surface area (Å²) in [6.45, 7) is 8.50. The van der Waals surface area contributed by atoms with Crippen molar-refractivity contribution in [2.45, 2.75) is 45.6 Å². The van der Waals surface area contributed by atoms with Crippen LogP contribution in [0, 0.1) is 0 Å². The highest BCUT2D eigenvalue weighted by Crippen LogP contribution is 2.29. The Labute approximate surface area is 214 Å². The minimum atomic E-state index is 0.331. The van der Waals surface area contributed by atoms with Crippen LogP contribution in [0.1, 0.15) is 49.9 Å². The number of carbonyl (C=O) groups is 1. The van der Waals surface area contributed by atoms with Crippen LogP contribution >= 0.6 is 0 Å². The fourth-order valence-electron chi connectivity index (χ4n) is 3.86. The van der Waals surface area contributed by atoms with Crippen molar-refractivity contribution < 1.29 is 9.53 Å². The number of ether oxygens (including phenoxy) is 1. The van der Waals surface area contributed by atoms with E-state index in [0.717, 1.165) is 31.4 Å². The van der Waals surface area contributed by atoms with E-state index in [9.17, 15) is 4.79 Å². The van der Waals surface area contributed by atoms with Crippen LogP contribution in [0.15, 0.2) is 55.0 Å². The Morgan fingerprint density at radius 1 is 1.08 bits per heavy atom. The molecule has 0 bridgehead atoms. The molecule has 2 N–H and O–H groups in total. The molecule has 192 valence electrons. The molecule has 8 nitrogen and oxygen atoms in total. The Kier molecular flexibility index (Phi) is 11.3. The van der Waals surface area contributed by atoms with Crippen LogP contribution in [0.25, 0.3) is 11.4 Å². The predicted molar refractivity (Wildman–Crippen MR) is 145 cm³/mol. The third-order valence-corrected chi connectivity index (χ3v) is 6.01. The number of anilines is 1. The molecule has 1 atom stereocenters. The number of hydrogen-bond donors (Lipinski definition) is 2. The average Bonchev–Trinajstić information content (AvgIpc) is 2.93. The van der Waals surface area contributed by atoms with Gasteiger partial charge in [0.05, 0.1) is 6.20 Å². The highest BCUT2D eigenvalue weighted by Gasteiger charge is 2.13. The van der Waals surface area contributed by atoms with Gasteiger partial charge in [-0.25, -0.2) is 4.98 Å². The van der Waals surface area contributed by atoms with E-state index in [2.05, 4.69) is 51.4 Å². The van der Waals surface area contributed by atoms with Crippen LogP contribution in [0.2, 0.25) is 0 Å². The Bertz CT molecular complexity index is 1040. The minimum absolute atomic E-state index is 0.331. The number of nitrogens with one attached hydrogen (secondary N) is 2. The molecular formula is C28H38N6O2. The lowest BCUT2D eigenvalue weighted by Crippen LogP contribution is -2.34. The molecule has 0 radical (unpaired) electrons. The molecule has 1 aliphatic rings. The number of benzene rings is 1. The van der Waals surface area contributed by atoms with E-state index in [1.54, 1.807) is 42.9 Å². The first-order valence-corrected chi connectivity index (χ1v) is 12.8. The highest BCUT2D eigenvalue weighted by molar-refractivity contribution is 5.74. The van der Waals surface area contributed by atoms with Gasteiger partial charge in [-0.1, -0.05) is 20.3 Å². The molecule has 0 saturated carbocycles. The summed E-state index contributed by atoms with van der Waals surface area (Å²) in [6, 6.07) is 11.0. The first kappa shape index (κ1) is 27.2. The summed E-state index contributed by atoms with van der Waals surface area (Å²) in [4.78, 5) is 26.5. The molecule has 2 aromatic heterocycles. The smallest absolute Gasteiger partial charge is 0.246 e. The maximum atomic E-state index is 10.9. The fraction of sp³-hybridized carbons (Fsp3) is 0.429. The monoisotopic (exact) mass is 490 g/mol. The van der Waals surface area contributed by atoms with Crippen LogP contribution < -0.4 is 15.4 Å². The van der Waals surface area contributed by atoms with Crippen molar-refractivity contribution in [3.05, 3.63) is 60.6 Å². The van der Waals surface area contributed by atoms with E-state index in [1.165, 1.54) is 32.4 Å². The first-order valence-electron chi connectivity index (χ1n) is 12.8. The molecule has 1 aliphatic heterocycles. The molecule has 1 aromatic carbocycles. The van der Waals surface area contributed by atoms with Crippen LogP contribution in [-0.4, -0.2) is 65.4 Å². The number of aromatic nitrogens is 3. The van der Waals surface area contributed by atoms with Crippen molar-refractivity contribution in [3.63, 3.8) is 0 Å². The third-order valence-electron chi connectivity index (χ3n) is 6.01. The lowest BCUT2D eigenvalue weighted by Gasteiger charge is -2.20. The number of likely N-dealkylation sites (tertiary alicyclic amines) is 1. The zero-order valence-electron chi connectivity index (χ0n) is 21.6. The predicted octanol–water partition coefficient (Wildman–Crippen LogP) is 5.05. The van der Waals surface area contributed by atoms with Gasteiger partial charge in [0.2, 0.25) is 5.88 Å². The molecule has 36 heavy (non-hydrogen) atoms. The number of carbonyl (C=O) groups excluding carboxylic acids is 1. The minimum Gasteiger partial charge on any atom is -0.437 e. The van der Waals surface area contributed by atoms with Crippen LogP contribution in [0.4, 0.5) is 5.69 Å². The average molecular weight is 491 g/mol. The summed E-state index contributed by atoms with van der Waals surface area (Å²) in [7, 11) is 2.19. The van der Waals surface area contributed by atoms with Gasteiger partial charge < -0.3 is 20.3 Å². The van der Waals surface area contributed by atoms with Gasteiger partial charge in [-0.05, 0) is 82.3 Å². The Morgan fingerprint density at radius 3 is 2.44 bits per heavy atom. The SMILES string of the molecule is CCNC(CC)CNc1cnc(-c2cccnc2)nc1Oc1ccc(C=O)cc1.CN1CCCCC1. The topological polar surface area (TPSA) is 92.3 Å².